The molecular formula is C50H32N4O. The molecular weight excluding hydrogens is 673 g/mol. The van der Waals surface area contributed by atoms with Crippen molar-refractivity contribution in [2.45, 2.75) is 12.6 Å². The lowest BCUT2D eigenvalue weighted by atomic mass is 10.0. The van der Waals surface area contributed by atoms with Crippen molar-refractivity contribution in [3.05, 3.63) is 198 Å². The van der Waals surface area contributed by atoms with Gasteiger partial charge in [0.1, 0.15) is 23.2 Å². The molecule has 12 rings (SSSR count). The molecule has 0 amide bonds. The topological polar surface area (TPSA) is 54.8 Å². The number of nitrogens with zero attached hydrogens (tertiary/aromatic N) is 3. The van der Waals surface area contributed by atoms with Gasteiger partial charge in [-0.2, -0.15) is 0 Å². The number of hydrogen-bond acceptors (Lipinski definition) is 4. The van der Waals surface area contributed by atoms with E-state index < -0.39 is 0 Å². The second-order valence-corrected chi connectivity index (χ2v) is 14.6. The van der Waals surface area contributed by atoms with E-state index in [9.17, 15) is 0 Å². The van der Waals surface area contributed by atoms with Crippen LogP contribution in [0.1, 0.15) is 34.0 Å². The number of nitrogens with one attached hydrogen (secondary N) is 1. The minimum Gasteiger partial charge on any atom is -0.456 e. The summed E-state index contributed by atoms with van der Waals surface area (Å²) >= 11 is 0. The Kier molecular flexibility index (Phi) is 6.39. The highest BCUT2D eigenvalue weighted by molar-refractivity contribution is 6.19. The summed E-state index contributed by atoms with van der Waals surface area (Å²) in [5, 5.41) is 10.7. The van der Waals surface area contributed by atoms with Crippen LogP contribution in [-0.4, -0.2) is 16.2 Å². The van der Waals surface area contributed by atoms with Crippen molar-refractivity contribution < 1.29 is 4.42 Å². The number of rotatable bonds is 4. The number of aliphatic imine (C=N–C) groups is 2. The third kappa shape index (κ3) is 4.66. The molecule has 0 bridgehead atoms. The number of hydrogen-bond donors (Lipinski definition) is 1. The van der Waals surface area contributed by atoms with Gasteiger partial charge in [0.2, 0.25) is 0 Å². The van der Waals surface area contributed by atoms with Gasteiger partial charge in [0.05, 0.1) is 22.1 Å². The summed E-state index contributed by atoms with van der Waals surface area (Å²) in [7, 11) is 0. The van der Waals surface area contributed by atoms with Gasteiger partial charge < -0.3 is 14.3 Å². The monoisotopic (exact) mass is 704 g/mol. The van der Waals surface area contributed by atoms with E-state index in [2.05, 4.69) is 168 Å². The van der Waals surface area contributed by atoms with Crippen LogP contribution in [0.3, 0.4) is 0 Å². The van der Waals surface area contributed by atoms with E-state index in [-0.39, 0.29) is 6.17 Å². The standard InChI is InChI=1S/C50H32N4O/c1-2-12-30(13-3-1)48-51-49(35-23-22-34-24-33-16-6-7-17-37(33)40(34)26-35)53-50(52-48)36-28-44(47-39-19-9-11-21-45(39)55-46(47)29-36)54-42-20-10-8-18-38(42)41-25-31-14-4-5-15-32(31)27-43(41)54/h1-23,25-29,48H,24H2,(H,51,52,53). The third-order valence-corrected chi connectivity index (χ3v) is 11.4. The highest BCUT2D eigenvalue weighted by atomic mass is 16.3. The fourth-order valence-electron chi connectivity index (χ4n) is 8.85. The van der Waals surface area contributed by atoms with E-state index in [0.717, 1.165) is 67.6 Å². The van der Waals surface area contributed by atoms with Crippen LogP contribution in [0.15, 0.2) is 184 Å². The molecule has 2 aromatic heterocycles. The largest absolute Gasteiger partial charge is 0.456 e. The Bertz CT molecular complexity index is 3270. The lowest BCUT2D eigenvalue weighted by molar-refractivity contribution is 0.666. The van der Waals surface area contributed by atoms with Gasteiger partial charge in [-0.15, -0.1) is 0 Å². The average molecular weight is 705 g/mol. The Balaban J connectivity index is 1.11. The fourth-order valence-corrected chi connectivity index (χ4v) is 8.85. The second-order valence-electron chi connectivity index (χ2n) is 14.6. The van der Waals surface area contributed by atoms with Gasteiger partial charge in [0.25, 0.3) is 0 Å². The molecule has 5 nitrogen and oxygen atoms in total. The number of amidine groups is 2. The molecule has 0 saturated carbocycles. The van der Waals surface area contributed by atoms with E-state index in [1.54, 1.807) is 0 Å². The summed E-state index contributed by atoms with van der Waals surface area (Å²) < 4.78 is 9.11. The van der Waals surface area contributed by atoms with Crippen molar-refractivity contribution in [3.63, 3.8) is 0 Å². The molecule has 1 atom stereocenters. The molecule has 1 N–H and O–H groups in total. The molecule has 3 heterocycles. The maximum Gasteiger partial charge on any atom is 0.159 e. The molecule has 0 saturated heterocycles. The van der Waals surface area contributed by atoms with Crippen molar-refractivity contribution >= 4 is 66.2 Å². The van der Waals surface area contributed by atoms with Gasteiger partial charge in [0, 0.05) is 27.3 Å². The predicted octanol–water partition coefficient (Wildman–Crippen LogP) is 11.9. The Hall–Kier alpha value is -7.24. The molecule has 2 aliphatic rings. The average Bonchev–Trinajstić information content (AvgIpc) is 3.92. The van der Waals surface area contributed by atoms with Crippen molar-refractivity contribution in [1.29, 1.82) is 0 Å². The van der Waals surface area contributed by atoms with Gasteiger partial charge in [-0.1, -0.05) is 127 Å². The van der Waals surface area contributed by atoms with Crippen molar-refractivity contribution in [1.82, 2.24) is 9.88 Å². The number of para-hydroxylation sites is 2. The molecule has 258 valence electrons. The summed E-state index contributed by atoms with van der Waals surface area (Å²) in [6.45, 7) is 0. The maximum absolute atomic E-state index is 6.70. The van der Waals surface area contributed by atoms with Gasteiger partial charge in [-0.05, 0) is 87.5 Å². The van der Waals surface area contributed by atoms with Gasteiger partial charge in [-0.25, -0.2) is 9.98 Å². The number of benzene rings is 8. The van der Waals surface area contributed by atoms with Crippen LogP contribution in [0.2, 0.25) is 0 Å². The first kappa shape index (κ1) is 30.2. The zero-order valence-electron chi connectivity index (χ0n) is 29.7. The van der Waals surface area contributed by atoms with Gasteiger partial charge >= 0.3 is 0 Å². The van der Waals surface area contributed by atoms with E-state index in [0.29, 0.717) is 5.84 Å². The molecule has 0 radical (unpaired) electrons. The summed E-state index contributed by atoms with van der Waals surface area (Å²) in [4.78, 5) is 10.6. The normalized spacial score (nSPS) is 15.0. The molecule has 1 aliphatic heterocycles. The minimum absolute atomic E-state index is 0.335. The highest BCUT2D eigenvalue weighted by Gasteiger charge is 2.26. The van der Waals surface area contributed by atoms with E-state index in [1.165, 1.54) is 43.8 Å². The number of furan rings is 1. The Morgan fingerprint density at radius 3 is 2.20 bits per heavy atom. The number of fused-ring (bicyclic) bond motifs is 10. The SMILES string of the molecule is c1ccc(C2N=C(c3ccc4c(c3)-c3ccccc3C4)N=C(c3cc(-n4c5ccccc5c5cc6ccccc6cc54)c4c(c3)oc3ccccc34)N2)cc1. The first-order valence-electron chi connectivity index (χ1n) is 18.8. The Morgan fingerprint density at radius 1 is 0.545 bits per heavy atom. The van der Waals surface area contributed by atoms with Crippen molar-refractivity contribution in [3.8, 4) is 16.8 Å². The molecule has 0 fully saturated rings. The zero-order valence-corrected chi connectivity index (χ0v) is 29.7. The predicted molar refractivity (Wildman–Crippen MR) is 226 cm³/mol. The summed E-state index contributed by atoms with van der Waals surface area (Å²) in [6.07, 6.45) is 0.610. The van der Waals surface area contributed by atoms with Crippen LogP contribution in [-0.2, 0) is 6.42 Å². The summed E-state index contributed by atoms with van der Waals surface area (Å²) in [6, 6.07) is 60.5. The summed E-state index contributed by atoms with van der Waals surface area (Å²) in [5.41, 5.74) is 13.2. The van der Waals surface area contributed by atoms with Crippen LogP contribution in [0.5, 0.6) is 0 Å². The van der Waals surface area contributed by atoms with Gasteiger partial charge in [0.15, 0.2) is 5.84 Å². The minimum atomic E-state index is -0.335. The van der Waals surface area contributed by atoms with E-state index in [1.807, 2.05) is 12.1 Å². The van der Waals surface area contributed by atoms with E-state index in [4.69, 9.17) is 14.4 Å². The van der Waals surface area contributed by atoms with Crippen molar-refractivity contribution in [2.75, 3.05) is 0 Å². The molecule has 0 spiro atoms. The Morgan fingerprint density at radius 2 is 1.29 bits per heavy atom. The lowest BCUT2D eigenvalue weighted by Gasteiger charge is -2.24. The fraction of sp³-hybridized carbons (Fsp3) is 0.0400. The van der Waals surface area contributed by atoms with E-state index >= 15 is 0 Å². The van der Waals surface area contributed by atoms with Gasteiger partial charge in [-0.3, -0.25) is 0 Å². The smallest absolute Gasteiger partial charge is 0.159 e. The molecule has 8 aromatic carbocycles. The lowest BCUT2D eigenvalue weighted by Crippen LogP contribution is -2.33. The molecule has 1 unspecified atom stereocenters. The van der Waals surface area contributed by atoms with Crippen LogP contribution in [0.4, 0.5) is 0 Å². The van der Waals surface area contributed by atoms with Crippen LogP contribution >= 0.6 is 0 Å². The Labute approximate surface area is 316 Å². The third-order valence-electron chi connectivity index (χ3n) is 11.4. The highest BCUT2D eigenvalue weighted by Crippen LogP contribution is 2.41. The molecule has 55 heavy (non-hydrogen) atoms. The molecule has 10 aromatic rings. The second kappa shape index (κ2) is 11.6. The number of aromatic nitrogens is 1. The first-order chi connectivity index (χ1) is 27.2. The van der Waals surface area contributed by atoms with Crippen LogP contribution in [0, 0.1) is 0 Å². The molecule has 1 aliphatic carbocycles. The molecule has 5 heteroatoms. The summed E-state index contributed by atoms with van der Waals surface area (Å²) in [5.74, 6) is 1.44. The van der Waals surface area contributed by atoms with Crippen LogP contribution < -0.4 is 5.32 Å². The van der Waals surface area contributed by atoms with Crippen LogP contribution in [0.25, 0.3) is 71.3 Å². The zero-order chi connectivity index (χ0) is 36.0. The quantitative estimate of drug-likeness (QED) is 0.198. The first-order valence-corrected chi connectivity index (χ1v) is 18.8. The maximum atomic E-state index is 6.70. The van der Waals surface area contributed by atoms with Crippen molar-refractivity contribution in [2.24, 2.45) is 9.98 Å².